The SMILES string of the molecule is CCO[C@@H]1C[C@H](C(=O)Nc2ccc(N3CCOCC3=O)cc2F)N(C(=O)/C=C/c2cccnc2)C1. The molecule has 0 saturated carbocycles. The zero-order valence-electron chi connectivity index (χ0n) is 19.4. The number of amides is 3. The number of hydrogen-bond acceptors (Lipinski definition) is 6. The van der Waals surface area contributed by atoms with Crippen LogP contribution in [0.2, 0.25) is 0 Å². The minimum Gasteiger partial charge on any atom is -0.377 e. The molecule has 9 nitrogen and oxygen atoms in total. The molecular weight excluding hydrogens is 455 g/mol. The van der Waals surface area contributed by atoms with Crippen LogP contribution in [0, 0.1) is 5.82 Å². The van der Waals surface area contributed by atoms with E-state index in [1.54, 1.807) is 30.6 Å². The van der Waals surface area contributed by atoms with Crippen LogP contribution in [0.25, 0.3) is 6.08 Å². The van der Waals surface area contributed by atoms with Gasteiger partial charge in [0.1, 0.15) is 18.5 Å². The third kappa shape index (κ3) is 5.90. The minimum atomic E-state index is -0.822. The lowest BCUT2D eigenvalue weighted by atomic mass is 10.1. The van der Waals surface area contributed by atoms with Crippen molar-refractivity contribution in [2.45, 2.75) is 25.5 Å². The Morgan fingerprint density at radius 2 is 2.20 bits per heavy atom. The summed E-state index contributed by atoms with van der Waals surface area (Å²) in [6, 6.07) is 6.93. The molecule has 3 heterocycles. The number of pyridine rings is 1. The van der Waals surface area contributed by atoms with Crippen LogP contribution in [0.3, 0.4) is 0 Å². The Labute approximate surface area is 202 Å². The van der Waals surface area contributed by atoms with E-state index in [1.807, 2.05) is 13.0 Å². The monoisotopic (exact) mass is 482 g/mol. The number of anilines is 2. The fraction of sp³-hybridized carbons (Fsp3) is 0.360. The van der Waals surface area contributed by atoms with Gasteiger partial charge in [0.15, 0.2) is 0 Å². The van der Waals surface area contributed by atoms with E-state index < -0.39 is 17.8 Å². The fourth-order valence-electron chi connectivity index (χ4n) is 4.16. The van der Waals surface area contributed by atoms with Crippen LogP contribution in [0.4, 0.5) is 15.8 Å². The fourth-order valence-corrected chi connectivity index (χ4v) is 4.16. The lowest BCUT2D eigenvalue weighted by Gasteiger charge is -2.27. The Bertz CT molecular complexity index is 1110. The first-order valence-corrected chi connectivity index (χ1v) is 11.4. The molecular formula is C25H27FN4O5. The molecule has 10 heteroatoms. The van der Waals surface area contributed by atoms with E-state index in [0.717, 1.165) is 5.56 Å². The number of carbonyl (C=O) groups is 3. The van der Waals surface area contributed by atoms with Crippen molar-refractivity contribution >= 4 is 35.2 Å². The molecule has 0 spiro atoms. The number of ether oxygens (including phenoxy) is 2. The molecule has 2 atom stereocenters. The van der Waals surface area contributed by atoms with E-state index in [-0.39, 0.29) is 36.8 Å². The van der Waals surface area contributed by atoms with Gasteiger partial charge in [-0.3, -0.25) is 19.4 Å². The Hall–Kier alpha value is -3.63. The normalized spacial score (nSPS) is 20.5. The summed E-state index contributed by atoms with van der Waals surface area (Å²) in [4.78, 5) is 44.9. The van der Waals surface area contributed by atoms with Gasteiger partial charge >= 0.3 is 0 Å². The molecule has 1 N–H and O–H groups in total. The third-order valence-electron chi connectivity index (χ3n) is 5.86. The molecule has 0 aliphatic carbocycles. The number of carbonyl (C=O) groups excluding carboxylic acids is 3. The summed E-state index contributed by atoms with van der Waals surface area (Å²) in [5.41, 5.74) is 1.12. The molecule has 0 unspecified atom stereocenters. The van der Waals surface area contributed by atoms with E-state index in [0.29, 0.717) is 31.9 Å². The summed E-state index contributed by atoms with van der Waals surface area (Å²) in [5, 5.41) is 2.59. The Morgan fingerprint density at radius 3 is 2.91 bits per heavy atom. The molecule has 2 aliphatic rings. The first kappa shape index (κ1) is 24.5. The van der Waals surface area contributed by atoms with Crippen molar-refractivity contribution in [3.05, 3.63) is 60.2 Å². The molecule has 2 fully saturated rings. The van der Waals surface area contributed by atoms with Gasteiger partial charge in [-0.05, 0) is 42.8 Å². The molecule has 3 amide bonds. The van der Waals surface area contributed by atoms with Crippen LogP contribution in [-0.2, 0) is 23.9 Å². The first-order chi connectivity index (χ1) is 17.0. The second-order valence-electron chi connectivity index (χ2n) is 8.19. The molecule has 0 bridgehead atoms. The summed E-state index contributed by atoms with van der Waals surface area (Å²) in [6.45, 7) is 3.19. The van der Waals surface area contributed by atoms with Gasteiger partial charge < -0.3 is 24.6 Å². The van der Waals surface area contributed by atoms with Crippen LogP contribution in [0.5, 0.6) is 0 Å². The zero-order chi connectivity index (χ0) is 24.8. The number of nitrogens with one attached hydrogen (secondary N) is 1. The zero-order valence-corrected chi connectivity index (χ0v) is 19.4. The van der Waals surface area contributed by atoms with Crippen molar-refractivity contribution < 1.29 is 28.2 Å². The highest BCUT2D eigenvalue weighted by molar-refractivity contribution is 6.01. The average Bonchev–Trinajstić information content (AvgIpc) is 3.29. The highest BCUT2D eigenvalue weighted by atomic mass is 19.1. The van der Waals surface area contributed by atoms with Gasteiger partial charge in [-0.15, -0.1) is 0 Å². The standard InChI is InChI=1S/C25H27FN4O5/c1-2-35-19-13-22(30(15-19)23(31)8-5-17-4-3-9-27-14-17)25(33)28-21-7-6-18(12-20(21)26)29-10-11-34-16-24(29)32/h3-9,12,14,19,22H,2,10-11,13,15-16H2,1H3,(H,28,33)/b8-5+/t19-,22-/m1/s1. The maximum atomic E-state index is 14.8. The van der Waals surface area contributed by atoms with Crippen molar-refractivity contribution in [3.63, 3.8) is 0 Å². The van der Waals surface area contributed by atoms with Crippen LogP contribution in [0.1, 0.15) is 18.9 Å². The molecule has 35 heavy (non-hydrogen) atoms. The van der Waals surface area contributed by atoms with E-state index in [2.05, 4.69) is 10.3 Å². The maximum Gasteiger partial charge on any atom is 0.253 e. The molecule has 2 aromatic rings. The first-order valence-electron chi connectivity index (χ1n) is 11.4. The second kappa shape index (κ2) is 11.2. The number of morpholine rings is 1. The van der Waals surface area contributed by atoms with Gasteiger partial charge in [-0.1, -0.05) is 6.07 Å². The number of likely N-dealkylation sites (tertiary alicyclic amines) is 1. The predicted molar refractivity (Wildman–Crippen MR) is 127 cm³/mol. The summed E-state index contributed by atoms with van der Waals surface area (Å²) < 4.78 is 25.6. The minimum absolute atomic E-state index is 0.0300. The Morgan fingerprint density at radius 1 is 1.34 bits per heavy atom. The van der Waals surface area contributed by atoms with Crippen LogP contribution in [0.15, 0.2) is 48.8 Å². The van der Waals surface area contributed by atoms with Crippen molar-refractivity contribution in [1.29, 1.82) is 0 Å². The lowest BCUT2D eigenvalue weighted by Crippen LogP contribution is -2.42. The number of rotatable bonds is 7. The number of halogens is 1. The summed E-state index contributed by atoms with van der Waals surface area (Å²) in [6.07, 6.45) is 6.28. The number of nitrogens with zero attached hydrogens (tertiary/aromatic N) is 3. The molecule has 4 rings (SSSR count). The molecule has 1 aromatic heterocycles. The van der Waals surface area contributed by atoms with Gasteiger partial charge in [0.25, 0.3) is 5.91 Å². The van der Waals surface area contributed by atoms with E-state index in [1.165, 1.54) is 28.0 Å². The van der Waals surface area contributed by atoms with E-state index in [4.69, 9.17) is 9.47 Å². The third-order valence-corrected chi connectivity index (χ3v) is 5.86. The predicted octanol–water partition coefficient (Wildman–Crippen LogP) is 2.24. The Kier molecular flexibility index (Phi) is 7.84. The number of hydrogen-bond donors (Lipinski definition) is 1. The van der Waals surface area contributed by atoms with Gasteiger partial charge in [0, 0.05) is 50.3 Å². The second-order valence-corrected chi connectivity index (χ2v) is 8.19. The average molecular weight is 483 g/mol. The smallest absolute Gasteiger partial charge is 0.253 e. The quantitative estimate of drug-likeness (QED) is 0.608. The van der Waals surface area contributed by atoms with Crippen LogP contribution >= 0.6 is 0 Å². The van der Waals surface area contributed by atoms with Gasteiger partial charge in [-0.2, -0.15) is 0 Å². The van der Waals surface area contributed by atoms with Crippen molar-refractivity contribution in [3.8, 4) is 0 Å². The van der Waals surface area contributed by atoms with Gasteiger partial charge in [-0.25, -0.2) is 4.39 Å². The molecule has 2 aliphatic heterocycles. The largest absolute Gasteiger partial charge is 0.377 e. The molecule has 184 valence electrons. The molecule has 2 saturated heterocycles. The molecule has 0 radical (unpaired) electrons. The highest BCUT2D eigenvalue weighted by Crippen LogP contribution is 2.26. The topological polar surface area (TPSA) is 101 Å². The van der Waals surface area contributed by atoms with Crippen LogP contribution < -0.4 is 10.2 Å². The van der Waals surface area contributed by atoms with E-state index >= 15 is 0 Å². The number of aromatic nitrogens is 1. The van der Waals surface area contributed by atoms with Gasteiger partial charge in [0.2, 0.25) is 11.8 Å². The molecule has 1 aromatic carbocycles. The summed E-state index contributed by atoms with van der Waals surface area (Å²) >= 11 is 0. The maximum absolute atomic E-state index is 14.8. The Balaban J connectivity index is 1.47. The summed E-state index contributed by atoms with van der Waals surface area (Å²) in [7, 11) is 0. The highest BCUT2D eigenvalue weighted by Gasteiger charge is 2.39. The summed E-state index contributed by atoms with van der Waals surface area (Å²) in [5.74, 6) is -1.79. The van der Waals surface area contributed by atoms with Gasteiger partial charge in [0.05, 0.1) is 18.4 Å². The van der Waals surface area contributed by atoms with Crippen molar-refractivity contribution in [2.24, 2.45) is 0 Å². The van der Waals surface area contributed by atoms with E-state index in [9.17, 15) is 18.8 Å². The van der Waals surface area contributed by atoms with Crippen molar-refractivity contribution in [2.75, 3.05) is 43.1 Å². The van der Waals surface area contributed by atoms with Crippen LogP contribution in [-0.4, -0.2) is 72.7 Å². The number of benzene rings is 1. The lowest BCUT2D eigenvalue weighted by molar-refractivity contribution is -0.132. The van der Waals surface area contributed by atoms with Crippen molar-refractivity contribution in [1.82, 2.24) is 9.88 Å².